The van der Waals surface area contributed by atoms with Gasteiger partial charge in [-0.3, -0.25) is 0 Å². The van der Waals surface area contributed by atoms with Gasteiger partial charge < -0.3 is 5.32 Å². The molecule has 0 aliphatic carbocycles. The minimum Gasteiger partial charge on any atom is -0.317 e. The zero-order valence-electron chi connectivity index (χ0n) is 10.7. The molecule has 0 aromatic heterocycles. The number of nitrogens with one attached hydrogen (secondary N) is 1. The third-order valence-electron chi connectivity index (χ3n) is 2.36. The summed E-state index contributed by atoms with van der Waals surface area (Å²) in [7, 11) is 0. The third kappa shape index (κ3) is 8.29. The molecule has 1 N–H and O–H groups in total. The molecule has 0 amide bonds. The molecular formula is C12H29N. The van der Waals surface area contributed by atoms with Crippen LogP contribution < -0.4 is 5.32 Å². The molecule has 0 heterocycles. The Morgan fingerprint density at radius 3 is 1.77 bits per heavy atom. The Hall–Kier alpha value is -0.0400. The van der Waals surface area contributed by atoms with Crippen LogP contribution in [0.3, 0.4) is 0 Å². The molecular weight excluding hydrogens is 158 g/mol. The van der Waals surface area contributed by atoms with Gasteiger partial charge in [0.25, 0.3) is 0 Å². The Morgan fingerprint density at radius 1 is 1.08 bits per heavy atom. The van der Waals surface area contributed by atoms with Crippen molar-refractivity contribution in [2.45, 2.75) is 54.9 Å². The summed E-state index contributed by atoms with van der Waals surface area (Å²) in [5, 5.41) is 3.41. The summed E-state index contributed by atoms with van der Waals surface area (Å²) in [5.74, 6) is 0.808. The molecule has 0 saturated heterocycles. The van der Waals surface area contributed by atoms with E-state index in [1.807, 2.05) is 13.8 Å². The van der Waals surface area contributed by atoms with E-state index in [4.69, 9.17) is 0 Å². The highest BCUT2D eigenvalue weighted by molar-refractivity contribution is 4.74. The van der Waals surface area contributed by atoms with E-state index in [1.54, 1.807) is 0 Å². The van der Waals surface area contributed by atoms with Crippen LogP contribution in [0, 0.1) is 11.3 Å². The predicted octanol–water partition coefficient (Wildman–Crippen LogP) is 3.69. The van der Waals surface area contributed by atoms with E-state index < -0.39 is 0 Å². The summed E-state index contributed by atoms with van der Waals surface area (Å²) < 4.78 is 0. The maximum atomic E-state index is 3.41. The van der Waals surface area contributed by atoms with Crippen LogP contribution in [0.25, 0.3) is 0 Å². The second kappa shape index (κ2) is 8.55. The SMILES string of the molecule is CC.CCNCC(CC)C(C)(C)C. The van der Waals surface area contributed by atoms with E-state index in [0.29, 0.717) is 5.41 Å². The van der Waals surface area contributed by atoms with Crippen molar-refractivity contribution in [3.05, 3.63) is 0 Å². The summed E-state index contributed by atoms with van der Waals surface area (Å²) in [6.45, 7) is 17.6. The fourth-order valence-corrected chi connectivity index (χ4v) is 1.38. The van der Waals surface area contributed by atoms with E-state index in [2.05, 4.69) is 39.9 Å². The standard InChI is InChI=1S/C10H23N.C2H6/c1-6-9(8-11-7-2)10(3,4)5;1-2/h9,11H,6-8H2,1-5H3;1-2H3. The normalized spacial score (nSPS) is 13.2. The highest BCUT2D eigenvalue weighted by atomic mass is 14.8. The fraction of sp³-hybridized carbons (Fsp3) is 1.00. The van der Waals surface area contributed by atoms with E-state index in [9.17, 15) is 0 Å². The molecule has 0 aromatic carbocycles. The summed E-state index contributed by atoms with van der Waals surface area (Å²) in [6, 6.07) is 0. The highest BCUT2D eigenvalue weighted by Crippen LogP contribution is 2.27. The van der Waals surface area contributed by atoms with Crippen molar-refractivity contribution in [1.29, 1.82) is 0 Å². The third-order valence-corrected chi connectivity index (χ3v) is 2.36. The molecule has 0 bridgehead atoms. The average molecular weight is 187 g/mol. The smallest absolute Gasteiger partial charge is 0.00157 e. The van der Waals surface area contributed by atoms with Crippen LogP contribution in [0.1, 0.15) is 54.9 Å². The van der Waals surface area contributed by atoms with Crippen LogP contribution in [-0.4, -0.2) is 13.1 Å². The van der Waals surface area contributed by atoms with Crippen molar-refractivity contribution in [1.82, 2.24) is 5.32 Å². The van der Waals surface area contributed by atoms with Gasteiger partial charge in [-0.2, -0.15) is 0 Å². The zero-order chi connectivity index (χ0) is 10.9. The largest absolute Gasteiger partial charge is 0.317 e. The first-order valence-electron chi connectivity index (χ1n) is 5.73. The lowest BCUT2D eigenvalue weighted by atomic mass is 9.79. The van der Waals surface area contributed by atoms with Crippen molar-refractivity contribution in [2.75, 3.05) is 13.1 Å². The molecule has 0 aliphatic rings. The van der Waals surface area contributed by atoms with Gasteiger partial charge in [-0.05, 0) is 24.4 Å². The molecule has 0 aliphatic heterocycles. The molecule has 1 atom stereocenters. The molecule has 0 aromatic rings. The quantitative estimate of drug-likeness (QED) is 0.707. The van der Waals surface area contributed by atoms with Gasteiger partial charge in [0.2, 0.25) is 0 Å². The van der Waals surface area contributed by atoms with Crippen molar-refractivity contribution >= 4 is 0 Å². The van der Waals surface area contributed by atoms with Gasteiger partial charge in [0.1, 0.15) is 0 Å². The van der Waals surface area contributed by atoms with E-state index in [1.165, 1.54) is 6.42 Å². The minimum atomic E-state index is 0.455. The Kier molecular flexibility index (Phi) is 10.2. The minimum absolute atomic E-state index is 0.455. The molecule has 1 nitrogen and oxygen atoms in total. The zero-order valence-corrected chi connectivity index (χ0v) is 10.7. The Balaban J connectivity index is 0. The van der Waals surface area contributed by atoms with Crippen LogP contribution in [0.4, 0.5) is 0 Å². The molecule has 1 unspecified atom stereocenters. The number of rotatable bonds is 4. The average Bonchev–Trinajstić information content (AvgIpc) is 2.07. The lowest BCUT2D eigenvalue weighted by molar-refractivity contribution is 0.227. The first kappa shape index (κ1) is 15.4. The molecule has 13 heavy (non-hydrogen) atoms. The summed E-state index contributed by atoms with van der Waals surface area (Å²) >= 11 is 0. The van der Waals surface area contributed by atoms with Crippen molar-refractivity contribution < 1.29 is 0 Å². The van der Waals surface area contributed by atoms with E-state index >= 15 is 0 Å². The first-order chi connectivity index (χ1) is 6.02. The molecule has 0 spiro atoms. The van der Waals surface area contributed by atoms with Gasteiger partial charge >= 0.3 is 0 Å². The van der Waals surface area contributed by atoms with Gasteiger partial charge in [-0.15, -0.1) is 0 Å². The Bertz CT molecular complexity index is 91.8. The van der Waals surface area contributed by atoms with E-state index in [0.717, 1.165) is 19.0 Å². The molecule has 0 rings (SSSR count). The van der Waals surface area contributed by atoms with Gasteiger partial charge in [-0.25, -0.2) is 0 Å². The van der Waals surface area contributed by atoms with Crippen LogP contribution in [-0.2, 0) is 0 Å². The van der Waals surface area contributed by atoms with Crippen LogP contribution >= 0.6 is 0 Å². The Labute approximate surface area is 85.3 Å². The first-order valence-corrected chi connectivity index (χ1v) is 5.73. The second-order valence-electron chi connectivity index (χ2n) is 4.28. The van der Waals surface area contributed by atoms with Crippen molar-refractivity contribution in [3.8, 4) is 0 Å². The fourth-order valence-electron chi connectivity index (χ4n) is 1.38. The molecule has 1 heteroatoms. The van der Waals surface area contributed by atoms with Gasteiger partial charge in [-0.1, -0.05) is 54.9 Å². The van der Waals surface area contributed by atoms with Crippen molar-refractivity contribution in [3.63, 3.8) is 0 Å². The summed E-state index contributed by atoms with van der Waals surface area (Å²) in [4.78, 5) is 0. The lowest BCUT2D eigenvalue weighted by Crippen LogP contribution is -2.31. The monoisotopic (exact) mass is 187 g/mol. The molecule has 82 valence electrons. The molecule has 0 saturated carbocycles. The summed E-state index contributed by atoms with van der Waals surface area (Å²) in [6.07, 6.45) is 1.27. The maximum absolute atomic E-state index is 3.41. The van der Waals surface area contributed by atoms with Crippen LogP contribution in [0.2, 0.25) is 0 Å². The number of hydrogen-bond donors (Lipinski definition) is 1. The van der Waals surface area contributed by atoms with Gasteiger partial charge in [0, 0.05) is 0 Å². The topological polar surface area (TPSA) is 12.0 Å². The van der Waals surface area contributed by atoms with Gasteiger partial charge in [0.05, 0.1) is 0 Å². The van der Waals surface area contributed by atoms with Crippen LogP contribution in [0.15, 0.2) is 0 Å². The number of hydrogen-bond acceptors (Lipinski definition) is 1. The Morgan fingerprint density at radius 2 is 1.54 bits per heavy atom. The molecule has 0 radical (unpaired) electrons. The van der Waals surface area contributed by atoms with Gasteiger partial charge in [0.15, 0.2) is 0 Å². The lowest BCUT2D eigenvalue weighted by Gasteiger charge is -2.29. The second-order valence-corrected chi connectivity index (χ2v) is 4.28. The highest BCUT2D eigenvalue weighted by Gasteiger charge is 2.21. The van der Waals surface area contributed by atoms with Crippen molar-refractivity contribution in [2.24, 2.45) is 11.3 Å². The van der Waals surface area contributed by atoms with Crippen LogP contribution in [0.5, 0.6) is 0 Å². The molecule has 0 fully saturated rings. The van der Waals surface area contributed by atoms with E-state index in [-0.39, 0.29) is 0 Å². The maximum Gasteiger partial charge on any atom is -0.00157 e. The summed E-state index contributed by atoms with van der Waals surface area (Å²) in [5.41, 5.74) is 0.455. The predicted molar refractivity (Wildman–Crippen MR) is 63.1 cm³/mol.